The van der Waals surface area contributed by atoms with Gasteiger partial charge in [0.1, 0.15) is 11.4 Å². The second-order valence-electron chi connectivity index (χ2n) is 4.31. The molecule has 0 bridgehead atoms. The standard InChI is InChI=1S/C14H13BrN2O3S/c15-11-7-6-9(21-11)3-1-5-12(18)17-13-10(14(19)20)4-2-8-16-13/h2,4,6-8H,1,3,5H2,(H,19,20)(H,16,17,18). The number of carbonyl (C=O) groups excluding carboxylic acids is 1. The normalized spacial score (nSPS) is 10.3. The predicted octanol–water partition coefficient (Wildman–Crippen LogP) is 3.57. The highest BCUT2D eigenvalue weighted by atomic mass is 79.9. The van der Waals surface area contributed by atoms with Crippen LogP contribution in [-0.2, 0) is 11.2 Å². The second-order valence-corrected chi connectivity index (χ2v) is 6.86. The molecule has 5 nitrogen and oxygen atoms in total. The molecular formula is C14H13BrN2O3S. The molecule has 0 aliphatic heterocycles. The highest BCUT2D eigenvalue weighted by Gasteiger charge is 2.13. The molecule has 110 valence electrons. The van der Waals surface area contributed by atoms with Crippen LogP contribution in [0.4, 0.5) is 5.82 Å². The highest BCUT2D eigenvalue weighted by molar-refractivity contribution is 9.11. The summed E-state index contributed by atoms with van der Waals surface area (Å²) < 4.78 is 1.07. The van der Waals surface area contributed by atoms with Gasteiger partial charge in [-0.25, -0.2) is 9.78 Å². The van der Waals surface area contributed by atoms with Gasteiger partial charge in [-0.15, -0.1) is 11.3 Å². The van der Waals surface area contributed by atoms with Crippen molar-refractivity contribution < 1.29 is 14.7 Å². The van der Waals surface area contributed by atoms with Gasteiger partial charge in [0.15, 0.2) is 0 Å². The van der Waals surface area contributed by atoms with Crippen molar-refractivity contribution in [3.05, 3.63) is 44.7 Å². The van der Waals surface area contributed by atoms with Crippen LogP contribution in [-0.4, -0.2) is 22.0 Å². The Labute approximate surface area is 134 Å². The maximum atomic E-state index is 11.8. The largest absolute Gasteiger partial charge is 0.478 e. The van der Waals surface area contributed by atoms with E-state index in [1.807, 2.05) is 12.1 Å². The van der Waals surface area contributed by atoms with Gasteiger partial charge < -0.3 is 10.4 Å². The molecule has 2 N–H and O–H groups in total. The van der Waals surface area contributed by atoms with E-state index >= 15 is 0 Å². The third-order valence-electron chi connectivity index (χ3n) is 2.75. The number of rotatable bonds is 6. The number of hydrogen-bond acceptors (Lipinski definition) is 4. The fourth-order valence-electron chi connectivity index (χ4n) is 1.78. The molecular weight excluding hydrogens is 356 g/mol. The minimum Gasteiger partial charge on any atom is -0.478 e. The molecule has 0 aliphatic rings. The third kappa shape index (κ3) is 4.64. The summed E-state index contributed by atoms with van der Waals surface area (Å²) in [5.41, 5.74) is -0.00645. The Morgan fingerprint density at radius 2 is 2.14 bits per heavy atom. The quantitative estimate of drug-likeness (QED) is 0.816. The van der Waals surface area contributed by atoms with E-state index in [1.165, 1.54) is 23.2 Å². The van der Waals surface area contributed by atoms with Crippen molar-refractivity contribution in [3.8, 4) is 0 Å². The van der Waals surface area contributed by atoms with Crippen molar-refractivity contribution in [1.29, 1.82) is 0 Å². The lowest BCUT2D eigenvalue weighted by Crippen LogP contribution is -2.15. The van der Waals surface area contributed by atoms with Crippen LogP contribution in [0.15, 0.2) is 34.2 Å². The zero-order valence-corrected chi connectivity index (χ0v) is 13.4. The van der Waals surface area contributed by atoms with Gasteiger partial charge in [-0.2, -0.15) is 0 Å². The van der Waals surface area contributed by atoms with Gasteiger partial charge >= 0.3 is 5.97 Å². The summed E-state index contributed by atoms with van der Waals surface area (Å²) in [7, 11) is 0. The fourth-order valence-corrected chi connectivity index (χ4v) is 3.31. The summed E-state index contributed by atoms with van der Waals surface area (Å²) in [5.74, 6) is -1.25. The number of nitrogens with zero attached hydrogens (tertiary/aromatic N) is 1. The average molecular weight is 369 g/mol. The first kappa shape index (κ1) is 15.7. The summed E-state index contributed by atoms with van der Waals surface area (Å²) >= 11 is 5.04. The Balaban J connectivity index is 1.86. The smallest absolute Gasteiger partial charge is 0.339 e. The molecule has 0 unspecified atom stereocenters. The summed E-state index contributed by atoms with van der Waals surface area (Å²) in [4.78, 5) is 27.9. The number of aromatic nitrogens is 1. The number of pyridine rings is 1. The number of carboxylic acid groups (broad SMARTS) is 1. The van der Waals surface area contributed by atoms with E-state index in [4.69, 9.17) is 5.11 Å². The second kappa shape index (κ2) is 7.33. The number of carbonyl (C=O) groups is 2. The van der Waals surface area contributed by atoms with E-state index in [0.717, 1.165) is 10.2 Å². The SMILES string of the molecule is O=C(CCCc1ccc(Br)s1)Nc1ncccc1C(=O)O. The zero-order chi connectivity index (χ0) is 15.2. The van der Waals surface area contributed by atoms with Crippen LogP contribution < -0.4 is 5.32 Å². The molecule has 2 aromatic heterocycles. The van der Waals surface area contributed by atoms with E-state index < -0.39 is 5.97 Å². The van der Waals surface area contributed by atoms with Gasteiger partial charge in [-0.3, -0.25) is 4.79 Å². The van der Waals surface area contributed by atoms with Gasteiger partial charge in [-0.05, 0) is 53.0 Å². The van der Waals surface area contributed by atoms with Gasteiger partial charge in [0, 0.05) is 17.5 Å². The molecule has 7 heteroatoms. The lowest BCUT2D eigenvalue weighted by atomic mass is 10.2. The maximum absolute atomic E-state index is 11.8. The minimum atomic E-state index is -1.11. The van der Waals surface area contributed by atoms with E-state index in [1.54, 1.807) is 11.3 Å². The number of nitrogens with one attached hydrogen (secondary N) is 1. The van der Waals surface area contributed by atoms with E-state index in [0.29, 0.717) is 12.8 Å². The Morgan fingerprint density at radius 1 is 1.33 bits per heavy atom. The van der Waals surface area contributed by atoms with Crippen molar-refractivity contribution in [2.24, 2.45) is 0 Å². The molecule has 0 radical (unpaired) electrons. The number of aromatic carboxylic acids is 1. The number of carboxylic acids is 1. The molecule has 0 saturated carbocycles. The molecule has 0 aliphatic carbocycles. The van der Waals surface area contributed by atoms with E-state index in [2.05, 4.69) is 26.2 Å². The Hall–Kier alpha value is -1.73. The molecule has 0 spiro atoms. The molecule has 1 amide bonds. The third-order valence-corrected chi connectivity index (χ3v) is 4.44. The number of aryl methyl sites for hydroxylation is 1. The molecule has 0 atom stereocenters. The lowest BCUT2D eigenvalue weighted by molar-refractivity contribution is -0.116. The van der Waals surface area contributed by atoms with Crippen molar-refractivity contribution in [2.75, 3.05) is 5.32 Å². The topological polar surface area (TPSA) is 79.3 Å². The first-order valence-corrected chi connectivity index (χ1v) is 7.89. The molecule has 2 aromatic rings. The van der Waals surface area contributed by atoms with Gasteiger partial charge in [0.25, 0.3) is 0 Å². The lowest BCUT2D eigenvalue weighted by Gasteiger charge is -2.06. The van der Waals surface area contributed by atoms with Crippen LogP contribution in [0, 0.1) is 0 Å². The average Bonchev–Trinajstić information content (AvgIpc) is 2.85. The predicted molar refractivity (Wildman–Crippen MR) is 84.8 cm³/mol. The maximum Gasteiger partial charge on any atom is 0.339 e. The number of thiophene rings is 1. The summed E-state index contributed by atoms with van der Waals surface area (Å²) in [6, 6.07) is 6.93. The number of anilines is 1. The first-order chi connectivity index (χ1) is 10.1. The van der Waals surface area contributed by atoms with E-state index in [9.17, 15) is 9.59 Å². The van der Waals surface area contributed by atoms with Crippen LogP contribution in [0.3, 0.4) is 0 Å². The first-order valence-electron chi connectivity index (χ1n) is 6.28. The van der Waals surface area contributed by atoms with Crippen molar-refractivity contribution >= 4 is 45.0 Å². The Bertz CT molecular complexity index is 657. The molecule has 0 saturated heterocycles. The van der Waals surface area contributed by atoms with Gasteiger partial charge in [0.2, 0.25) is 5.91 Å². The van der Waals surface area contributed by atoms with Gasteiger partial charge in [0.05, 0.1) is 3.79 Å². The van der Waals surface area contributed by atoms with Crippen LogP contribution in [0.2, 0.25) is 0 Å². The monoisotopic (exact) mass is 368 g/mol. The molecule has 21 heavy (non-hydrogen) atoms. The Morgan fingerprint density at radius 3 is 2.81 bits per heavy atom. The summed E-state index contributed by atoms with van der Waals surface area (Å²) in [5, 5.41) is 11.6. The fraction of sp³-hybridized carbons (Fsp3) is 0.214. The minimum absolute atomic E-state index is 0.00645. The number of halogens is 1. The van der Waals surface area contributed by atoms with Crippen molar-refractivity contribution in [3.63, 3.8) is 0 Å². The number of amides is 1. The van der Waals surface area contributed by atoms with Crippen molar-refractivity contribution in [1.82, 2.24) is 4.98 Å². The summed E-state index contributed by atoms with van der Waals surface area (Å²) in [6.45, 7) is 0. The number of hydrogen-bond donors (Lipinski definition) is 2. The van der Waals surface area contributed by atoms with Crippen LogP contribution in [0.25, 0.3) is 0 Å². The summed E-state index contributed by atoms with van der Waals surface area (Å²) in [6.07, 6.45) is 3.29. The van der Waals surface area contributed by atoms with Crippen LogP contribution in [0.5, 0.6) is 0 Å². The van der Waals surface area contributed by atoms with Crippen LogP contribution >= 0.6 is 27.3 Å². The molecule has 2 heterocycles. The zero-order valence-electron chi connectivity index (χ0n) is 11.0. The van der Waals surface area contributed by atoms with Crippen molar-refractivity contribution in [2.45, 2.75) is 19.3 Å². The Kier molecular flexibility index (Phi) is 5.46. The molecule has 2 rings (SSSR count). The van der Waals surface area contributed by atoms with Crippen LogP contribution in [0.1, 0.15) is 28.1 Å². The molecule has 0 fully saturated rings. The van der Waals surface area contributed by atoms with Gasteiger partial charge in [-0.1, -0.05) is 0 Å². The molecule has 0 aromatic carbocycles. The highest BCUT2D eigenvalue weighted by Crippen LogP contribution is 2.23. The van der Waals surface area contributed by atoms with E-state index in [-0.39, 0.29) is 17.3 Å².